The number of aliphatic hydroxyl groups is 4. The van der Waals surface area contributed by atoms with Crippen molar-refractivity contribution in [2.45, 2.75) is 30.7 Å². The number of aromatic hydroxyl groups is 3. The van der Waals surface area contributed by atoms with Crippen LogP contribution in [0.3, 0.4) is 0 Å². The lowest BCUT2D eigenvalue weighted by molar-refractivity contribution is -0.277. The molecule has 3 unspecified atom stereocenters. The largest absolute Gasteiger partial charge is 0.508 e. The Morgan fingerprint density at radius 2 is 1.71 bits per heavy atom. The van der Waals surface area contributed by atoms with Gasteiger partial charge >= 0.3 is 0 Å². The molecule has 0 radical (unpaired) electrons. The van der Waals surface area contributed by atoms with E-state index in [9.17, 15) is 40.5 Å². The normalized spacial score (nSPS) is 24.8. The van der Waals surface area contributed by atoms with E-state index in [-0.39, 0.29) is 33.8 Å². The Morgan fingerprint density at radius 3 is 2.35 bits per heavy atom. The monoisotopic (exact) mass is 478 g/mol. The van der Waals surface area contributed by atoms with Gasteiger partial charge in [-0.1, -0.05) is 0 Å². The lowest BCUT2D eigenvalue weighted by atomic mass is 9.99. The van der Waals surface area contributed by atoms with Gasteiger partial charge < -0.3 is 54.4 Å². The highest BCUT2D eigenvalue weighted by Crippen LogP contribution is 2.39. The van der Waals surface area contributed by atoms with Gasteiger partial charge in [0.2, 0.25) is 17.5 Å². The summed E-state index contributed by atoms with van der Waals surface area (Å²) in [7, 11) is 1.26. The smallest absolute Gasteiger partial charge is 0.239 e. The van der Waals surface area contributed by atoms with Gasteiger partial charge in [-0.15, -0.1) is 0 Å². The Balaban J connectivity index is 1.93. The minimum atomic E-state index is -1.82. The van der Waals surface area contributed by atoms with Crippen LogP contribution in [0.1, 0.15) is 0 Å². The molecule has 0 aliphatic carbocycles. The molecule has 4 rings (SSSR count). The number of fused-ring (bicyclic) bond motifs is 1. The van der Waals surface area contributed by atoms with E-state index in [0.717, 1.165) is 18.2 Å². The number of rotatable bonds is 5. The van der Waals surface area contributed by atoms with E-state index in [1.807, 2.05) is 0 Å². The maximum atomic E-state index is 13.5. The summed E-state index contributed by atoms with van der Waals surface area (Å²) in [6.07, 6.45) is -8.26. The molecular weight excluding hydrogens is 456 g/mol. The SMILES string of the molecule is COc1cc(O)cc2oc(-c3ccc(O)c(O)c3)c(O[C@@H]3OC(CO)[C@H](O)C(O)C3O)c(=O)c12. The maximum absolute atomic E-state index is 13.5. The number of benzene rings is 2. The van der Waals surface area contributed by atoms with Crippen LogP contribution in [0, 0.1) is 0 Å². The van der Waals surface area contributed by atoms with Gasteiger partial charge in [0.05, 0.1) is 13.7 Å². The number of aliphatic hydroxyl groups excluding tert-OH is 4. The zero-order chi connectivity index (χ0) is 24.7. The second kappa shape index (κ2) is 9.00. The van der Waals surface area contributed by atoms with E-state index in [0.29, 0.717) is 0 Å². The summed E-state index contributed by atoms with van der Waals surface area (Å²) in [4.78, 5) is 13.5. The number of phenolic OH excluding ortho intramolecular Hbond substituents is 3. The summed E-state index contributed by atoms with van der Waals surface area (Å²) < 4.78 is 21.9. The zero-order valence-corrected chi connectivity index (χ0v) is 17.7. The van der Waals surface area contributed by atoms with Crippen molar-refractivity contribution in [2.75, 3.05) is 13.7 Å². The lowest BCUT2D eigenvalue weighted by Crippen LogP contribution is -2.60. The fourth-order valence-corrected chi connectivity index (χ4v) is 3.66. The third kappa shape index (κ3) is 3.97. The highest BCUT2D eigenvalue weighted by Gasteiger charge is 2.45. The Hall–Kier alpha value is -3.55. The fourth-order valence-electron chi connectivity index (χ4n) is 3.66. The summed E-state index contributed by atoms with van der Waals surface area (Å²) in [5.41, 5.74) is -0.862. The molecule has 0 saturated carbocycles. The molecule has 12 heteroatoms. The summed E-state index contributed by atoms with van der Waals surface area (Å²) in [6.45, 7) is -0.719. The van der Waals surface area contributed by atoms with Crippen molar-refractivity contribution in [3.63, 3.8) is 0 Å². The summed E-state index contributed by atoms with van der Waals surface area (Å²) >= 11 is 0. The van der Waals surface area contributed by atoms with Crippen LogP contribution in [0.5, 0.6) is 28.7 Å². The minimum Gasteiger partial charge on any atom is -0.508 e. The van der Waals surface area contributed by atoms with Crippen LogP contribution < -0.4 is 14.9 Å². The van der Waals surface area contributed by atoms with Gasteiger partial charge in [-0.2, -0.15) is 0 Å². The maximum Gasteiger partial charge on any atom is 0.239 e. The van der Waals surface area contributed by atoms with E-state index < -0.39 is 60.0 Å². The van der Waals surface area contributed by atoms with E-state index in [1.54, 1.807) is 0 Å². The van der Waals surface area contributed by atoms with Gasteiger partial charge in [-0.3, -0.25) is 4.79 Å². The first-order valence-electron chi connectivity index (χ1n) is 10.0. The molecule has 1 fully saturated rings. The molecule has 3 aromatic rings. The van der Waals surface area contributed by atoms with E-state index in [4.69, 9.17) is 18.6 Å². The van der Waals surface area contributed by atoms with Crippen LogP contribution in [0.2, 0.25) is 0 Å². The second-order valence-corrected chi connectivity index (χ2v) is 7.63. The van der Waals surface area contributed by atoms with Crippen LogP contribution in [0.4, 0.5) is 0 Å². The van der Waals surface area contributed by atoms with Crippen molar-refractivity contribution < 1.29 is 54.4 Å². The van der Waals surface area contributed by atoms with E-state index in [2.05, 4.69) is 0 Å². The van der Waals surface area contributed by atoms with Crippen molar-refractivity contribution >= 4 is 11.0 Å². The van der Waals surface area contributed by atoms with Crippen LogP contribution in [0.15, 0.2) is 39.5 Å². The number of hydrogen-bond donors (Lipinski definition) is 7. The molecule has 5 atom stereocenters. The molecule has 1 aliphatic heterocycles. The Morgan fingerprint density at radius 1 is 0.971 bits per heavy atom. The van der Waals surface area contributed by atoms with Crippen molar-refractivity contribution in [1.82, 2.24) is 0 Å². The Bertz CT molecular complexity index is 1270. The Kier molecular flexibility index (Phi) is 6.25. The van der Waals surface area contributed by atoms with Gasteiger partial charge in [0.15, 0.2) is 17.3 Å². The first-order valence-corrected chi connectivity index (χ1v) is 10.0. The summed E-state index contributed by atoms with van der Waals surface area (Å²) in [5.74, 6) is -2.12. The molecule has 2 heterocycles. The number of ether oxygens (including phenoxy) is 3. The molecule has 182 valence electrons. The molecule has 0 amide bonds. The van der Waals surface area contributed by atoms with Gasteiger partial charge in [-0.25, -0.2) is 0 Å². The molecule has 1 saturated heterocycles. The van der Waals surface area contributed by atoms with Gasteiger partial charge in [0, 0.05) is 17.7 Å². The third-order valence-electron chi connectivity index (χ3n) is 5.44. The summed E-state index contributed by atoms with van der Waals surface area (Å²) in [5, 5.41) is 69.3. The van der Waals surface area contributed by atoms with Crippen molar-refractivity contribution in [2.24, 2.45) is 0 Å². The van der Waals surface area contributed by atoms with Crippen molar-refractivity contribution in [3.05, 3.63) is 40.6 Å². The van der Waals surface area contributed by atoms with Gasteiger partial charge in [0.1, 0.15) is 46.9 Å². The topological polar surface area (TPSA) is 200 Å². The van der Waals surface area contributed by atoms with Gasteiger partial charge in [-0.05, 0) is 18.2 Å². The molecule has 0 spiro atoms. The lowest BCUT2D eigenvalue weighted by Gasteiger charge is -2.39. The van der Waals surface area contributed by atoms with E-state index >= 15 is 0 Å². The molecule has 2 aromatic carbocycles. The molecule has 1 aliphatic rings. The van der Waals surface area contributed by atoms with Crippen LogP contribution >= 0.6 is 0 Å². The standard InChI is InChI=1S/C22H22O12/c1-31-12-5-9(24)6-13-15(12)17(28)21(20(32-13)8-2-3-10(25)11(26)4-8)34-22-19(30)18(29)16(27)14(7-23)33-22/h2-6,14,16,18-19,22-27,29-30H,7H2,1H3/t14?,16-,18?,19?,22-/m0/s1. The first-order chi connectivity index (χ1) is 16.2. The van der Waals surface area contributed by atoms with Crippen molar-refractivity contribution in [3.8, 4) is 40.1 Å². The average molecular weight is 478 g/mol. The summed E-state index contributed by atoms with van der Waals surface area (Å²) in [6, 6.07) is 5.85. The van der Waals surface area contributed by atoms with Crippen LogP contribution in [-0.4, -0.2) is 80.2 Å². The average Bonchev–Trinajstić information content (AvgIpc) is 2.81. The fraction of sp³-hybridized carbons (Fsp3) is 0.318. The van der Waals surface area contributed by atoms with Crippen LogP contribution in [0.25, 0.3) is 22.3 Å². The van der Waals surface area contributed by atoms with Crippen LogP contribution in [-0.2, 0) is 4.74 Å². The number of phenols is 3. The first kappa shape index (κ1) is 23.6. The Labute approximate surface area is 191 Å². The third-order valence-corrected chi connectivity index (χ3v) is 5.44. The van der Waals surface area contributed by atoms with Gasteiger partial charge in [0.25, 0.3) is 0 Å². The molecule has 0 bridgehead atoms. The highest BCUT2D eigenvalue weighted by atomic mass is 16.7. The minimum absolute atomic E-state index is 0.0532. The quantitative estimate of drug-likeness (QED) is 0.238. The molecular formula is C22H22O12. The number of hydrogen-bond acceptors (Lipinski definition) is 12. The molecule has 7 N–H and O–H groups in total. The van der Waals surface area contributed by atoms with E-state index in [1.165, 1.54) is 19.2 Å². The van der Waals surface area contributed by atoms with Crippen molar-refractivity contribution in [1.29, 1.82) is 0 Å². The predicted octanol–water partition coefficient (Wildman–Crippen LogP) is -0.236. The molecule has 12 nitrogen and oxygen atoms in total. The molecule has 34 heavy (non-hydrogen) atoms. The highest BCUT2D eigenvalue weighted by molar-refractivity contribution is 5.88. The second-order valence-electron chi connectivity index (χ2n) is 7.63. The number of methoxy groups -OCH3 is 1. The predicted molar refractivity (Wildman–Crippen MR) is 114 cm³/mol. The zero-order valence-electron chi connectivity index (χ0n) is 17.7. The molecule has 1 aromatic heterocycles.